The summed E-state index contributed by atoms with van der Waals surface area (Å²) in [7, 11) is 0. The van der Waals surface area contributed by atoms with E-state index in [0.29, 0.717) is 5.56 Å². The normalized spacial score (nSPS) is 12.6. The van der Waals surface area contributed by atoms with Gasteiger partial charge in [-0.1, -0.05) is 17.7 Å². The SMILES string of the molecule is Cc1ccc(F)c(CC(NC(=O)OC(C)(C)C)C(=O)O)c1Cl. The molecule has 0 fully saturated rings. The molecule has 0 aliphatic heterocycles. The molecule has 1 amide bonds. The van der Waals surface area contributed by atoms with Gasteiger partial charge in [0, 0.05) is 17.0 Å². The number of nitrogens with one attached hydrogen (secondary N) is 1. The van der Waals surface area contributed by atoms with Crippen molar-refractivity contribution in [2.45, 2.75) is 45.8 Å². The van der Waals surface area contributed by atoms with E-state index >= 15 is 0 Å². The first kappa shape index (κ1) is 18.2. The van der Waals surface area contributed by atoms with E-state index in [1.807, 2.05) is 0 Å². The lowest BCUT2D eigenvalue weighted by atomic mass is 10.0. The minimum atomic E-state index is -1.34. The topological polar surface area (TPSA) is 75.6 Å². The molecule has 0 bridgehead atoms. The molecule has 0 aliphatic rings. The van der Waals surface area contributed by atoms with Crippen LogP contribution < -0.4 is 5.32 Å². The summed E-state index contributed by atoms with van der Waals surface area (Å²) in [5.41, 5.74) is -0.0936. The van der Waals surface area contributed by atoms with Crippen LogP contribution in [-0.2, 0) is 16.0 Å². The Labute approximate surface area is 133 Å². The Morgan fingerprint density at radius 3 is 2.50 bits per heavy atom. The molecule has 0 spiro atoms. The van der Waals surface area contributed by atoms with Crippen LogP contribution in [0.15, 0.2) is 12.1 Å². The van der Waals surface area contributed by atoms with Gasteiger partial charge in [-0.15, -0.1) is 0 Å². The summed E-state index contributed by atoms with van der Waals surface area (Å²) < 4.78 is 18.8. The first-order valence-electron chi connectivity index (χ1n) is 6.67. The van der Waals surface area contributed by atoms with E-state index in [-0.39, 0.29) is 17.0 Å². The highest BCUT2D eigenvalue weighted by molar-refractivity contribution is 6.32. The maximum absolute atomic E-state index is 13.8. The predicted molar refractivity (Wildman–Crippen MR) is 80.6 cm³/mol. The van der Waals surface area contributed by atoms with Gasteiger partial charge in [-0.2, -0.15) is 0 Å². The first-order valence-corrected chi connectivity index (χ1v) is 7.05. The zero-order chi connectivity index (χ0) is 17.1. The minimum absolute atomic E-state index is 0.0464. The second-order valence-corrected chi connectivity index (χ2v) is 6.28. The number of ether oxygens (including phenoxy) is 1. The molecule has 22 heavy (non-hydrogen) atoms. The number of carbonyl (C=O) groups excluding carboxylic acids is 1. The first-order chi connectivity index (χ1) is 10.0. The molecule has 0 saturated heterocycles. The van der Waals surface area contributed by atoms with Crippen LogP contribution in [-0.4, -0.2) is 28.8 Å². The average Bonchev–Trinajstić information content (AvgIpc) is 2.35. The molecule has 5 nitrogen and oxygen atoms in total. The number of benzene rings is 1. The van der Waals surface area contributed by atoms with Crippen molar-refractivity contribution in [3.8, 4) is 0 Å². The van der Waals surface area contributed by atoms with Crippen molar-refractivity contribution in [3.05, 3.63) is 34.1 Å². The van der Waals surface area contributed by atoms with Gasteiger partial charge in [0.1, 0.15) is 17.5 Å². The van der Waals surface area contributed by atoms with Crippen LogP contribution in [0.1, 0.15) is 31.9 Å². The highest BCUT2D eigenvalue weighted by Crippen LogP contribution is 2.24. The maximum Gasteiger partial charge on any atom is 0.408 e. The van der Waals surface area contributed by atoms with E-state index in [9.17, 15) is 19.1 Å². The number of halogens is 2. The Balaban J connectivity index is 2.93. The number of alkyl carbamates (subject to hydrolysis) is 1. The molecular formula is C15H19ClFNO4. The molecule has 1 unspecified atom stereocenters. The lowest BCUT2D eigenvalue weighted by molar-refractivity contribution is -0.139. The quantitative estimate of drug-likeness (QED) is 0.887. The highest BCUT2D eigenvalue weighted by Gasteiger charge is 2.26. The third-order valence-corrected chi connectivity index (χ3v) is 3.30. The van der Waals surface area contributed by atoms with Gasteiger partial charge < -0.3 is 15.2 Å². The lowest BCUT2D eigenvalue weighted by Crippen LogP contribution is -2.44. The van der Waals surface area contributed by atoms with Gasteiger partial charge in [0.05, 0.1) is 0 Å². The Hall–Kier alpha value is -1.82. The standard InChI is InChI=1S/C15H19ClFNO4/c1-8-5-6-10(17)9(12(8)16)7-11(13(19)20)18-14(21)22-15(2,3)4/h5-6,11H,7H2,1-4H3,(H,18,21)(H,19,20). The average molecular weight is 332 g/mol. The van der Waals surface area contributed by atoms with E-state index in [2.05, 4.69) is 5.32 Å². The van der Waals surface area contributed by atoms with Crippen molar-refractivity contribution in [1.29, 1.82) is 0 Å². The summed E-state index contributed by atoms with van der Waals surface area (Å²) in [6.45, 7) is 6.64. The number of aliphatic carboxylic acids is 1. The van der Waals surface area contributed by atoms with E-state index in [0.717, 1.165) is 0 Å². The number of carbonyl (C=O) groups is 2. The summed E-state index contributed by atoms with van der Waals surface area (Å²) in [6, 6.07) is 1.37. The summed E-state index contributed by atoms with van der Waals surface area (Å²) in [4.78, 5) is 23.0. The van der Waals surface area contributed by atoms with Gasteiger partial charge >= 0.3 is 12.1 Å². The van der Waals surface area contributed by atoms with Crippen molar-refractivity contribution in [1.82, 2.24) is 5.32 Å². The summed E-state index contributed by atoms with van der Waals surface area (Å²) >= 11 is 6.01. The van der Waals surface area contributed by atoms with Crippen molar-refractivity contribution < 1.29 is 23.8 Å². The fourth-order valence-corrected chi connectivity index (χ4v) is 1.99. The lowest BCUT2D eigenvalue weighted by Gasteiger charge is -2.22. The van der Waals surface area contributed by atoms with Crippen LogP contribution in [0.4, 0.5) is 9.18 Å². The van der Waals surface area contributed by atoms with Gasteiger partial charge in [0.2, 0.25) is 0 Å². The van der Waals surface area contributed by atoms with Crippen LogP contribution in [0.25, 0.3) is 0 Å². The third kappa shape index (κ3) is 5.18. The zero-order valence-electron chi connectivity index (χ0n) is 12.9. The molecule has 0 aromatic heterocycles. The minimum Gasteiger partial charge on any atom is -0.480 e. The fourth-order valence-electron chi connectivity index (χ4n) is 1.76. The molecular weight excluding hydrogens is 313 g/mol. The summed E-state index contributed by atoms with van der Waals surface area (Å²) in [6.07, 6.45) is -1.16. The fraction of sp³-hybridized carbons (Fsp3) is 0.467. The Morgan fingerprint density at radius 2 is 2.00 bits per heavy atom. The molecule has 1 aromatic carbocycles. The second kappa shape index (κ2) is 6.96. The number of carboxylic acids is 1. The molecule has 7 heteroatoms. The molecule has 1 atom stereocenters. The molecule has 122 valence electrons. The Morgan fingerprint density at radius 1 is 1.41 bits per heavy atom. The van der Waals surface area contributed by atoms with Crippen LogP contribution in [0.2, 0.25) is 5.02 Å². The Bertz CT molecular complexity index is 584. The maximum atomic E-state index is 13.8. The van der Waals surface area contributed by atoms with Crippen LogP contribution >= 0.6 is 11.6 Å². The third-order valence-electron chi connectivity index (χ3n) is 2.78. The van der Waals surface area contributed by atoms with Gasteiger partial charge in [-0.05, 0) is 39.3 Å². The Kier molecular flexibility index (Phi) is 5.77. The van der Waals surface area contributed by atoms with Crippen LogP contribution in [0, 0.1) is 12.7 Å². The largest absolute Gasteiger partial charge is 0.480 e. The van der Waals surface area contributed by atoms with Crippen molar-refractivity contribution in [2.75, 3.05) is 0 Å². The van der Waals surface area contributed by atoms with E-state index < -0.39 is 29.5 Å². The number of rotatable bonds is 4. The molecule has 1 rings (SSSR count). The van der Waals surface area contributed by atoms with Crippen molar-refractivity contribution in [3.63, 3.8) is 0 Å². The van der Waals surface area contributed by atoms with Crippen molar-refractivity contribution >= 4 is 23.7 Å². The number of aryl methyl sites for hydroxylation is 1. The van der Waals surface area contributed by atoms with E-state index in [1.165, 1.54) is 12.1 Å². The summed E-state index contributed by atoms with van der Waals surface area (Å²) in [5, 5.41) is 11.6. The molecule has 2 N–H and O–H groups in total. The number of carboxylic acid groups (broad SMARTS) is 1. The van der Waals surface area contributed by atoms with Gasteiger partial charge in [-0.3, -0.25) is 0 Å². The van der Waals surface area contributed by atoms with Crippen LogP contribution in [0.5, 0.6) is 0 Å². The van der Waals surface area contributed by atoms with Gasteiger partial charge in [-0.25, -0.2) is 14.0 Å². The number of hydrogen-bond acceptors (Lipinski definition) is 3. The van der Waals surface area contributed by atoms with E-state index in [4.69, 9.17) is 16.3 Å². The summed E-state index contributed by atoms with van der Waals surface area (Å²) in [5.74, 6) is -1.92. The van der Waals surface area contributed by atoms with E-state index in [1.54, 1.807) is 27.7 Å². The van der Waals surface area contributed by atoms with Crippen LogP contribution in [0.3, 0.4) is 0 Å². The van der Waals surface area contributed by atoms with Gasteiger partial charge in [0.25, 0.3) is 0 Å². The van der Waals surface area contributed by atoms with Gasteiger partial charge in [0.15, 0.2) is 0 Å². The monoisotopic (exact) mass is 331 g/mol. The predicted octanol–water partition coefficient (Wildman–Crippen LogP) is 3.31. The van der Waals surface area contributed by atoms with Crippen molar-refractivity contribution in [2.24, 2.45) is 0 Å². The molecule has 0 heterocycles. The number of amides is 1. The smallest absolute Gasteiger partial charge is 0.408 e. The number of hydrogen-bond donors (Lipinski definition) is 2. The molecule has 0 radical (unpaired) electrons. The zero-order valence-corrected chi connectivity index (χ0v) is 13.6. The second-order valence-electron chi connectivity index (χ2n) is 5.90. The molecule has 0 saturated carbocycles. The molecule has 0 aliphatic carbocycles. The highest BCUT2D eigenvalue weighted by atomic mass is 35.5. The molecule has 1 aromatic rings.